The molecule has 1 heterocycles. The Hall–Kier alpha value is -1.43. The van der Waals surface area contributed by atoms with Crippen molar-refractivity contribution in [3.8, 4) is 5.75 Å². The van der Waals surface area contributed by atoms with Crippen LogP contribution in [-0.2, 0) is 6.54 Å². The standard InChI is InChI=1S/C13H12Cl2N2O2S/c1-19-12-10(14)5-8(6-11(12)15)17-13(18)16-7-9-3-2-4-20-9/h2-6H,7H2,1H3,(H2,16,17,18). The molecule has 0 bridgehead atoms. The first kappa shape index (κ1) is 15.0. The first-order chi connectivity index (χ1) is 9.60. The minimum absolute atomic E-state index is 0.323. The molecule has 1 aromatic carbocycles. The van der Waals surface area contributed by atoms with E-state index >= 15 is 0 Å². The molecule has 0 saturated carbocycles. The van der Waals surface area contributed by atoms with Crippen molar-refractivity contribution in [2.24, 2.45) is 0 Å². The smallest absolute Gasteiger partial charge is 0.319 e. The molecule has 0 saturated heterocycles. The van der Waals surface area contributed by atoms with Crippen molar-refractivity contribution >= 4 is 46.3 Å². The van der Waals surface area contributed by atoms with Gasteiger partial charge in [0.1, 0.15) is 0 Å². The maximum absolute atomic E-state index is 11.7. The molecule has 106 valence electrons. The molecule has 0 aliphatic heterocycles. The summed E-state index contributed by atoms with van der Waals surface area (Å²) in [4.78, 5) is 12.8. The predicted molar refractivity (Wildman–Crippen MR) is 83.2 cm³/mol. The second-order valence-corrected chi connectivity index (χ2v) is 5.71. The van der Waals surface area contributed by atoms with Gasteiger partial charge in [-0.2, -0.15) is 0 Å². The van der Waals surface area contributed by atoms with Crippen LogP contribution < -0.4 is 15.4 Å². The lowest BCUT2D eigenvalue weighted by Crippen LogP contribution is -2.27. The van der Waals surface area contributed by atoms with Gasteiger partial charge < -0.3 is 15.4 Å². The summed E-state index contributed by atoms with van der Waals surface area (Å²) in [6, 6.07) is 6.72. The highest BCUT2D eigenvalue weighted by Crippen LogP contribution is 2.35. The zero-order valence-electron chi connectivity index (χ0n) is 10.6. The molecule has 7 heteroatoms. The Morgan fingerprint density at radius 1 is 1.35 bits per heavy atom. The van der Waals surface area contributed by atoms with E-state index in [0.29, 0.717) is 28.0 Å². The molecule has 4 nitrogen and oxygen atoms in total. The van der Waals surface area contributed by atoms with Gasteiger partial charge in [-0.05, 0) is 23.6 Å². The van der Waals surface area contributed by atoms with Gasteiger partial charge in [-0.15, -0.1) is 11.3 Å². The number of carbonyl (C=O) groups excluding carboxylic acids is 1. The van der Waals surface area contributed by atoms with Crippen LogP contribution in [0, 0.1) is 0 Å². The fourth-order valence-electron chi connectivity index (χ4n) is 1.58. The normalized spacial score (nSPS) is 10.2. The number of anilines is 1. The van der Waals surface area contributed by atoms with Crippen molar-refractivity contribution in [2.45, 2.75) is 6.54 Å². The Balaban J connectivity index is 1.97. The average Bonchev–Trinajstić information content (AvgIpc) is 2.89. The van der Waals surface area contributed by atoms with E-state index in [2.05, 4.69) is 10.6 Å². The number of ether oxygens (including phenoxy) is 1. The second-order valence-electron chi connectivity index (χ2n) is 3.86. The molecule has 1 aromatic heterocycles. The number of rotatable bonds is 4. The highest BCUT2D eigenvalue weighted by Gasteiger charge is 2.10. The van der Waals surface area contributed by atoms with E-state index in [-0.39, 0.29) is 6.03 Å². The molecule has 0 fully saturated rings. The first-order valence-corrected chi connectivity index (χ1v) is 7.34. The summed E-state index contributed by atoms with van der Waals surface area (Å²) in [6.07, 6.45) is 0. The van der Waals surface area contributed by atoms with Crippen molar-refractivity contribution in [1.29, 1.82) is 0 Å². The van der Waals surface area contributed by atoms with Crippen LogP contribution in [0.3, 0.4) is 0 Å². The lowest BCUT2D eigenvalue weighted by atomic mass is 10.3. The molecule has 0 aliphatic rings. The number of halogens is 2. The molecule has 2 aromatic rings. The number of thiophene rings is 1. The molecule has 0 radical (unpaired) electrons. The largest absolute Gasteiger partial charge is 0.494 e. The Bertz CT molecular complexity index is 579. The van der Waals surface area contributed by atoms with Gasteiger partial charge in [0.05, 0.1) is 23.7 Å². The van der Waals surface area contributed by atoms with Gasteiger partial charge in [0.25, 0.3) is 0 Å². The summed E-state index contributed by atoms with van der Waals surface area (Å²) >= 11 is 13.6. The van der Waals surface area contributed by atoms with E-state index in [0.717, 1.165) is 4.88 Å². The number of carbonyl (C=O) groups is 1. The summed E-state index contributed by atoms with van der Waals surface area (Å²) < 4.78 is 5.04. The van der Waals surface area contributed by atoms with Crippen molar-refractivity contribution in [3.63, 3.8) is 0 Å². The highest BCUT2D eigenvalue weighted by atomic mass is 35.5. The van der Waals surface area contributed by atoms with Gasteiger partial charge >= 0.3 is 6.03 Å². The van der Waals surface area contributed by atoms with Crippen LogP contribution in [0.25, 0.3) is 0 Å². The van der Waals surface area contributed by atoms with Crippen LogP contribution >= 0.6 is 34.5 Å². The molecule has 2 N–H and O–H groups in total. The summed E-state index contributed by atoms with van der Waals surface area (Å²) in [5.74, 6) is 0.387. The van der Waals surface area contributed by atoms with Gasteiger partial charge in [-0.1, -0.05) is 29.3 Å². The lowest BCUT2D eigenvalue weighted by molar-refractivity contribution is 0.252. The number of urea groups is 1. The maximum atomic E-state index is 11.7. The van der Waals surface area contributed by atoms with Crippen LogP contribution in [-0.4, -0.2) is 13.1 Å². The molecule has 0 aliphatic carbocycles. The molecule has 0 unspecified atom stereocenters. The maximum Gasteiger partial charge on any atom is 0.319 e. The van der Waals surface area contributed by atoms with Gasteiger partial charge in [0.15, 0.2) is 5.75 Å². The molecule has 2 rings (SSSR count). The van der Waals surface area contributed by atoms with E-state index in [4.69, 9.17) is 27.9 Å². The Morgan fingerprint density at radius 2 is 2.05 bits per heavy atom. The summed E-state index contributed by atoms with van der Waals surface area (Å²) in [5, 5.41) is 8.05. The van der Waals surface area contributed by atoms with Crippen molar-refractivity contribution < 1.29 is 9.53 Å². The summed E-state index contributed by atoms with van der Waals surface area (Å²) in [7, 11) is 1.48. The average molecular weight is 331 g/mol. The quantitative estimate of drug-likeness (QED) is 0.873. The molecular formula is C13H12Cl2N2O2S. The van der Waals surface area contributed by atoms with Crippen LogP contribution in [0.1, 0.15) is 4.88 Å². The molecular weight excluding hydrogens is 319 g/mol. The van der Waals surface area contributed by atoms with Crippen molar-refractivity contribution in [2.75, 3.05) is 12.4 Å². The van der Waals surface area contributed by atoms with Crippen molar-refractivity contribution in [1.82, 2.24) is 5.32 Å². The number of nitrogens with one attached hydrogen (secondary N) is 2. The third-order valence-electron chi connectivity index (χ3n) is 2.46. The zero-order chi connectivity index (χ0) is 14.5. The number of methoxy groups -OCH3 is 1. The number of hydrogen-bond acceptors (Lipinski definition) is 3. The number of benzene rings is 1. The number of amides is 2. The van der Waals surface area contributed by atoms with E-state index in [1.165, 1.54) is 7.11 Å². The van der Waals surface area contributed by atoms with Crippen LogP contribution in [0.15, 0.2) is 29.6 Å². The fourth-order valence-corrected chi connectivity index (χ4v) is 2.87. The Kier molecular flexibility index (Phi) is 5.11. The van der Waals surface area contributed by atoms with Crippen LogP contribution in [0.4, 0.5) is 10.5 Å². The minimum Gasteiger partial charge on any atom is -0.494 e. The van der Waals surface area contributed by atoms with E-state index < -0.39 is 0 Å². The third kappa shape index (κ3) is 3.79. The SMILES string of the molecule is COc1c(Cl)cc(NC(=O)NCc2cccs2)cc1Cl. The predicted octanol–water partition coefficient (Wildman–Crippen LogP) is 4.39. The summed E-state index contributed by atoms with van der Waals surface area (Å²) in [5.41, 5.74) is 0.504. The van der Waals surface area contributed by atoms with E-state index in [1.54, 1.807) is 23.5 Å². The van der Waals surface area contributed by atoms with Gasteiger partial charge in [-0.3, -0.25) is 0 Å². The summed E-state index contributed by atoms with van der Waals surface area (Å²) in [6.45, 7) is 0.473. The molecule has 0 atom stereocenters. The third-order valence-corrected chi connectivity index (χ3v) is 3.90. The van der Waals surface area contributed by atoms with Gasteiger partial charge in [0.2, 0.25) is 0 Å². The second kappa shape index (κ2) is 6.83. The molecule has 0 spiro atoms. The van der Waals surface area contributed by atoms with Crippen molar-refractivity contribution in [3.05, 3.63) is 44.6 Å². The monoisotopic (exact) mass is 330 g/mol. The zero-order valence-corrected chi connectivity index (χ0v) is 12.9. The minimum atomic E-state index is -0.323. The highest BCUT2D eigenvalue weighted by molar-refractivity contribution is 7.09. The van der Waals surface area contributed by atoms with Gasteiger partial charge in [-0.25, -0.2) is 4.79 Å². The topological polar surface area (TPSA) is 50.4 Å². The van der Waals surface area contributed by atoms with Crippen LogP contribution in [0.5, 0.6) is 5.75 Å². The molecule has 2 amide bonds. The van der Waals surface area contributed by atoms with E-state index in [9.17, 15) is 4.79 Å². The Morgan fingerprint density at radius 3 is 2.60 bits per heavy atom. The first-order valence-electron chi connectivity index (χ1n) is 5.70. The van der Waals surface area contributed by atoms with E-state index in [1.807, 2.05) is 17.5 Å². The number of hydrogen-bond donors (Lipinski definition) is 2. The Labute approximate surface area is 130 Å². The molecule has 20 heavy (non-hydrogen) atoms. The fraction of sp³-hybridized carbons (Fsp3) is 0.154. The van der Waals surface area contributed by atoms with Gasteiger partial charge in [0, 0.05) is 10.6 Å². The lowest BCUT2D eigenvalue weighted by Gasteiger charge is -2.10. The van der Waals surface area contributed by atoms with Crippen LogP contribution in [0.2, 0.25) is 10.0 Å².